The first-order chi connectivity index (χ1) is 9.76. The van der Waals surface area contributed by atoms with E-state index in [1.165, 1.54) is 23.1 Å². The largest absolute Gasteiger partial charge is 0.393 e. The summed E-state index contributed by atoms with van der Waals surface area (Å²) >= 11 is 0. The summed E-state index contributed by atoms with van der Waals surface area (Å²) in [6.45, 7) is 3.89. The molecule has 1 heterocycles. The van der Waals surface area contributed by atoms with E-state index in [1.54, 1.807) is 13.8 Å². The average Bonchev–Trinajstić information content (AvgIpc) is 2.41. The molecule has 1 aromatic rings. The van der Waals surface area contributed by atoms with E-state index in [0.29, 0.717) is 13.1 Å². The van der Waals surface area contributed by atoms with Crippen LogP contribution in [0.5, 0.6) is 0 Å². The van der Waals surface area contributed by atoms with Gasteiger partial charge in [0.2, 0.25) is 5.91 Å². The molecular formula is C13H16N4O4. The Kier molecular flexibility index (Phi) is 3.54. The zero-order valence-electron chi connectivity index (χ0n) is 11.8. The SMILES string of the molecule is CC1(C)C(=O)NCCN1C(=O)c1cccc([N+](=O)[O-])c1N. The fourth-order valence-corrected chi connectivity index (χ4v) is 2.30. The summed E-state index contributed by atoms with van der Waals surface area (Å²) in [7, 11) is 0. The highest BCUT2D eigenvalue weighted by Crippen LogP contribution is 2.28. The molecule has 8 heteroatoms. The van der Waals surface area contributed by atoms with Gasteiger partial charge in [-0.1, -0.05) is 6.07 Å². The predicted molar refractivity (Wildman–Crippen MR) is 75.6 cm³/mol. The molecule has 0 radical (unpaired) electrons. The molecule has 1 aromatic carbocycles. The van der Waals surface area contributed by atoms with Crippen molar-refractivity contribution in [2.24, 2.45) is 0 Å². The van der Waals surface area contributed by atoms with Gasteiger partial charge in [-0.15, -0.1) is 0 Å². The van der Waals surface area contributed by atoms with Crippen molar-refractivity contribution in [2.75, 3.05) is 18.8 Å². The maximum atomic E-state index is 12.6. The van der Waals surface area contributed by atoms with Crippen LogP contribution in [-0.4, -0.2) is 40.3 Å². The number of nitrogens with zero attached hydrogens (tertiary/aromatic N) is 2. The van der Waals surface area contributed by atoms with E-state index in [0.717, 1.165) is 0 Å². The van der Waals surface area contributed by atoms with Gasteiger partial charge in [-0.2, -0.15) is 0 Å². The molecule has 1 saturated heterocycles. The van der Waals surface area contributed by atoms with Crippen LogP contribution >= 0.6 is 0 Å². The molecule has 0 spiro atoms. The number of hydrogen-bond donors (Lipinski definition) is 2. The standard InChI is InChI=1S/C13H16N4O4/c1-13(2)12(19)15-6-7-16(13)11(18)8-4-3-5-9(10(8)14)17(20)21/h3-5H,6-7,14H2,1-2H3,(H,15,19). The number of nitrogen functional groups attached to an aromatic ring is 1. The first-order valence-electron chi connectivity index (χ1n) is 6.40. The number of nitrogens with one attached hydrogen (secondary N) is 1. The van der Waals surface area contributed by atoms with E-state index in [1.807, 2.05) is 0 Å². The van der Waals surface area contributed by atoms with Gasteiger partial charge in [-0.25, -0.2) is 0 Å². The van der Waals surface area contributed by atoms with E-state index in [9.17, 15) is 19.7 Å². The Morgan fingerprint density at radius 1 is 1.48 bits per heavy atom. The number of para-hydroxylation sites is 1. The van der Waals surface area contributed by atoms with Crippen molar-refractivity contribution in [2.45, 2.75) is 19.4 Å². The Bertz CT molecular complexity index is 627. The molecule has 1 aliphatic heterocycles. The fourth-order valence-electron chi connectivity index (χ4n) is 2.30. The summed E-state index contributed by atoms with van der Waals surface area (Å²) in [4.78, 5) is 36.1. The van der Waals surface area contributed by atoms with Crippen LogP contribution in [0, 0.1) is 10.1 Å². The minimum absolute atomic E-state index is 0.0342. The van der Waals surface area contributed by atoms with Gasteiger partial charge < -0.3 is 16.0 Å². The zero-order valence-corrected chi connectivity index (χ0v) is 11.8. The third kappa shape index (κ3) is 2.39. The van der Waals surface area contributed by atoms with Crippen molar-refractivity contribution in [1.29, 1.82) is 0 Å². The van der Waals surface area contributed by atoms with Crippen molar-refractivity contribution in [3.05, 3.63) is 33.9 Å². The van der Waals surface area contributed by atoms with Crippen LogP contribution in [0.25, 0.3) is 0 Å². The van der Waals surface area contributed by atoms with Gasteiger partial charge in [0.1, 0.15) is 11.2 Å². The predicted octanol–water partition coefficient (Wildman–Crippen LogP) is 0.528. The highest BCUT2D eigenvalue weighted by Gasteiger charge is 2.41. The van der Waals surface area contributed by atoms with Crippen molar-refractivity contribution < 1.29 is 14.5 Å². The molecule has 3 N–H and O–H groups in total. The summed E-state index contributed by atoms with van der Waals surface area (Å²) in [5.41, 5.74) is 4.22. The maximum absolute atomic E-state index is 12.6. The third-order valence-electron chi connectivity index (χ3n) is 3.61. The number of hydrogen-bond acceptors (Lipinski definition) is 5. The number of carbonyl (C=O) groups is 2. The first-order valence-corrected chi connectivity index (χ1v) is 6.40. The first kappa shape index (κ1) is 14.8. The normalized spacial score (nSPS) is 17.2. The Morgan fingerprint density at radius 2 is 2.14 bits per heavy atom. The number of benzene rings is 1. The molecule has 1 fully saturated rings. The summed E-state index contributed by atoms with van der Waals surface area (Å²) in [5.74, 6) is -0.762. The molecule has 0 bridgehead atoms. The molecule has 21 heavy (non-hydrogen) atoms. The van der Waals surface area contributed by atoms with Crippen LogP contribution in [0.15, 0.2) is 18.2 Å². The molecule has 112 valence electrons. The van der Waals surface area contributed by atoms with Crippen molar-refractivity contribution >= 4 is 23.2 Å². The van der Waals surface area contributed by atoms with E-state index in [2.05, 4.69) is 5.32 Å². The quantitative estimate of drug-likeness (QED) is 0.468. The monoisotopic (exact) mass is 292 g/mol. The molecule has 8 nitrogen and oxygen atoms in total. The molecule has 0 atom stereocenters. The minimum atomic E-state index is -1.04. The molecule has 2 amide bonds. The lowest BCUT2D eigenvalue weighted by Crippen LogP contribution is -2.63. The molecule has 0 aliphatic carbocycles. The van der Waals surface area contributed by atoms with Gasteiger partial charge in [0.15, 0.2) is 0 Å². The van der Waals surface area contributed by atoms with Gasteiger partial charge in [0, 0.05) is 19.2 Å². The second kappa shape index (κ2) is 5.04. The third-order valence-corrected chi connectivity index (χ3v) is 3.61. The lowest BCUT2D eigenvalue weighted by atomic mass is 9.97. The van der Waals surface area contributed by atoms with Gasteiger partial charge in [-0.3, -0.25) is 19.7 Å². The van der Waals surface area contributed by atoms with Gasteiger partial charge in [0.05, 0.1) is 10.5 Å². The van der Waals surface area contributed by atoms with Crippen LogP contribution in [0.3, 0.4) is 0 Å². The number of nitrogens with two attached hydrogens (primary N) is 1. The zero-order chi connectivity index (χ0) is 15.8. The Hall–Kier alpha value is -2.64. The second-order valence-corrected chi connectivity index (χ2v) is 5.27. The van der Waals surface area contributed by atoms with Crippen LogP contribution in [0.4, 0.5) is 11.4 Å². The lowest BCUT2D eigenvalue weighted by molar-refractivity contribution is -0.383. The van der Waals surface area contributed by atoms with Crippen LogP contribution < -0.4 is 11.1 Å². The van der Waals surface area contributed by atoms with Crippen molar-refractivity contribution in [3.63, 3.8) is 0 Å². The number of anilines is 1. The van der Waals surface area contributed by atoms with Gasteiger partial charge in [0.25, 0.3) is 11.6 Å². The number of carbonyl (C=O) groups excluding carboxylic acids is 2. The number of amides is 2. The summed E-state index contributed by atoms with van der Waals surface area (Å²) in [6, 6.07) is 4.06. The Labute approximate surface area is 121 Å². The second-order valence-electron chi connectivity index (χ2n) is 5.27. The van der Waals surface area contributed by atoms with E-state index in [4.69, 9.17) is 5.73 Å². The van der Waals surface area contributed by atoms with Crippen molar-refractivity contribution in [1.82, 2.24) is 10.2 Å². The number of nitro groups is 1. The Morgan fingerprint density at radius 3 is 2.76 bits per heavy atom. The summed E-state index contributed by atoms with van der Waals surface area (Å²) in [5, 5.41) is 13.6. The highest BCUT2D eigenvalue weighted by molar-refractivity contribution is 6.04. The summed E-state index contributed by atoms with van der Waals surface area (Å²) in [6.07, 6.45) is 0. The topological polar surface area (TPSA) is 119 Å². The minimum Gasteiger partial charge on any atom is -0.393 e. The van der Waals surface area contributed by atoms with Crippen LogP contribution in [-0.2, 0) is 4.79 Å². The maximum Gasteiger partial charge on any atom is 0.292 e. The molecule has 0 aromatic heterocycles. The molecule has 1 aliphatic rings. The van der Waals surface area contributed by atoms with E-state index >= 15 is 0 Å². The average molecular weight is 292 g/mol. The smallest absolute Gasteiger partial charge is 0.292 e. The van der Waals surface area contributed by atoms with Gasteiger partial charge in [-0.05, 0) is 19.9 Å². The van der Waals surface area contributed by atoms with Crippen LogP contribution in [0.1, 0.15) is 24.2 Å². The Balaban J connectivity index is 2.43. The number of rotatable bonds is 2. The van der Waals surface area contributed by atoms with Crippen molar-refractivity contribution in [3.8, 4) is 0 Å². The molecule has 0 unspecified atom stereocenters. The highest BCUT2D eigenvalue weighted by atomic mass is 16.6. The molecular weight excluding hydrogens is 276 g/mol. The summed E-state index contributed by atoms with van der Waals surface area (Å²) < 4.78 is 0. The van der Waals surface area contributed by atoms with E-state index in [-0.39, 0.29) is 22.8 Å². The lowest BCUT2D eigenvalue weighted by Gasteiger charge is -2.41. The van der Waals surface area contributed by atoms with E-state index < -0.39 is 16.4 Å². The molecule has 0 saturated carbocycles. The van der Waals surface area contributed by atoms with Gasteiger partial charge >= 0.3 is 0 Å². The fraction of sp³-hybridized carbons (Fsp3) is 0.385. The number of nitro benzene ring substituents is 1. The number of piperazine rings is 1. The molecule has 2 rings (SSSR count). The van der Waals surface area contributed by atoms with Crippen LogP contribution in [0.2, 0.25) is 0 Å².